The first-order valence-electron chi connectivity index (χ1n) is 12.2. The standard InChI is InChI=1S/C28H29N7/c1-19-30-31-28-27-13-23(22-6-4-20(14-29)5-7-22)17-34(27)18-24-12-25(8-9-26(24)35(19)28)33-11-10-21(16-33)15-32(2)3/h4-9,12-13,17,21H,10-11,15-16,18H2,1-3H3/t21-/m1/s1. The van der Waals surface area contributed by atoms with Crippen molar-refractivity contribution in [1.82, 2.24) is 24.2 Å². The molecular weight excluding hydrogens is 434 g/mol. The summed E-state index contributed by atoms with van der Waals surface area (Å²) in [4.78, 5) is 4.82. The van der Waals surface area contributed by atoms with Gasteiger partial charge in [-0.05, 0) is 80.9 Å². The fourth-order valence-corrected chi connectivity index (χ4v) is 5.57. The average Bonchev–Trinajstić information content (AvgIpc) is 3.56. The van der Waals surface area contributed by atoms with E-state index < -0.39 is 0 Å². The summed E-state index contributed by atoms with van der Waals surface area (Å²) in [5, 5.41) is 18.1. The summed E-state index contributed by atoms with van der Waals surface area (Å²) in [6.45, 7) is 6.13. The van der Waals surface area contributed by atoms with E-state index in [2.05, 4.69) is 79.8 Å². The van der Waals surface area contributed by atoms with E-state index in [1.807, 2.05) is 31.2 Å². The predicted octanol–water partition coefficient (Wildman–Crippen LogP) is 4.33. The molecule has 2 aromatic heterocycles. The Morgan fingerprint density at radius 3 is 2.66 bits per heavy atom. The molecule has 7 nitrogen and oxygen atoms in total. The Labute approximate surface area is 205 Å². The summed E-state index contributed by atoms with van der Waals surface area (Å²) in [6.07, 6.45) is 3.43. The third kappa shape index (κ3) is 3.80. The predicted molar refractivity (Wildman–Crippen MR) is 138 cm³/mol. The number of hydrogen-bond acceptors (Lipinski definition) is 5. The van der Waals surface area contributed by atoms with Crippen LogP contribution in [-0.4, -0.2) is 58.0 Å². The summed E-state index contributed by atoms with van der Waals surface area (Å²) in [5.41, 5.74) is 7.63. The second kappa shape index (κ2) is 8.40. The molecular formula is C28H29N7. The minimum absolute atomic E-state index is 0.668. The Balaban J connectivity index is 1.39. The van der Waals surface area contributed by atoms with Gasteiger partial charge in [-0.25, -0.2) is 0 Å². The lowest BCUT2D eigenvalue weighted by Crippen LogP contribution is -2.25. The van der Waals surface area contributed by atoms with Crippen molar-refractivity contribution in [2.24, 2.45) is 5.92 Å². The van der Waals surface area contributed by atoms with Crippen LogP contribution in [0.1, 0.15) is 23.4 Å². The van der Waals surface area contributed by atoms with Crippen molar-refractivity contribution in [1.29, 1.82) is 5.26 Å². The van der Waals surface area contributed by atoms with Crippen LogP contribution < -0.4 is 4.90 Å². The third-order valence-electron chi connectivity index (χ3n) is 7.22. The van der Waals surface area contributed by atoms with Crippen molar-refractivity contribution in [3.63, 3.8) is 0 Å². The Bertz CT molecular complexity index is 1440. The SMILES string of the molecule is Cc1nnc2n1-c1ccc(N3CC[C@H](CN(C)C)C3)cc1Cn1cc(-c3ccc(C#N)cc3)cc1-2. The van der Waals surface area contributed by atoms with Crippen LogP contribution in [0, 0.1) is 24.2 Å². The molecule has 2 aromatic carbocycles. The summed E-state index contributed by atoms with van der Waals surface area (Å²) in [7, 11) is 4.32. The Morgan fingerprint density at radius 1 is 1.06 bits per heavy atom. The van der Waals surface area contributed by atoms with Gasteiger partial charge in [-0.2, -0.15) is 5.26 Å². The molecule has 0 aliphatic carbocycles. The minimum atomic E-state index is 0.668. The molecule has 0 N–H and O–H groups in total. The van der Waals surface area contributed by atoms with Crippen molar-refractivity contribution in [3.05, 3.63) is 71.7 Å². The molecule has 0 spiro atoms. The van der Waals surface area contributed by atoms with E-state index in [9.17, 15) is 0 Å². The maximum Gasteiger partial charge on any atom is 0.185 e. The fraction of sp³-hybridized carbons (Fsp3) is 0.321. The number of aromatic nitrogens is 4. The lowest BCUT2D eigenvalue weighted by Gasteiger charge is -2.22. The van der Waals surface area contributed by atoms with Crippen molar-refractivity contribution < 1.29 is 0 Å². The van der Waals surface area contributed by atoms with Gasteiger partial charge in [0, 0.05) is 43.6 Å². The van der Waals surface area contributed by atoms with E-state index in [1.54, 1.807) is 0 Å². The highest BCUT2D eigenvalue weighted by molar-refractivity contribution is 5.72. The number of anilines is 1. The molecule has 0 bridgehead atoms. The van der Waals surface area contributed by atoms with E-state index in [-0.39, 0.29) is 0 Å². The molecule has 4 aromatic rings. The molecule has 6 rings (SSSR count). The molecule has 0 unspecified atom stereocenters. The number of rotatable bonds is 4. The summed E-state index contributed by atoms with van der Waals surface area (Å²) in [5.74, 6) is 2.46. The number of benzene rings is 2. The van der Waals surface area contributed by atoms with E-state index in [1.165, 1.54) is 17.7 Å². The zero-order chi connectivity index (χ0) is 24.1. The van der Waals surface area contributed by atoms with Gasteiger partial charge in [0.05, 0.1) is 23.0 Å². The van der Waals surface area contributed by atoms with Gasteiger partial charge in [-0.3, -0.25) is 4.57 Å². The van der Waals surface area contributed by atoms with Crippen LogP contribution in [0.5, 0.6) is 0 Å². The van der Waals surface area contributed by atoms with Gasteiger partial charge in [-0.15, -0.1) is 10.2 Å². The Hall–Kier alpha value is -3.89. The monoisotopic (exact) mass is 463 g/mol. The number of hydrogen-bond donors (Lipinski definition) is 0. The normalized spacial score (nSPS) is 16.5. The van der Waals surface area contributed by atoms with Crippen molar-refractivity contribution in [2.45, 2.75) is 19.9 Å². The molecule has 2 aliphatic heterocycles. The van der Waals surface area contributed by atoms with Crippen molar-refractivity contribution >= 4 is 5.69 Å². The number of fused-ring (bicyclic) bond motifs is 5. The third-order valence-corrected chi connectivity index (χ3v) is 7.22. The van der Waals surface area contributed by atoms with Crippen molar-refractivity contribution in [3.8, 4) is 34.4 Å². The van der Waals surface area contributed by atoms with Crippen LogP contribution in [0.2, 0.25) is 0 Å². The number of aryl methyl sites for hydroxylation is 1. The second-order valence-electron chi connectivity index (χ2n) is 10.0. The summed E-state index contributed by atoms with van der Waals surface area (Å²) < 4.78 is 4.46. The first kappa shape index (κ1) is 21.6. The average molecular weight is 464 g/mol. The minimum Gasteiger partial charge on any atom is -0.371 e. The van der Waals surface area contributed by atoms with Crippen LogP contribution in [0.4, 0.5) is 5.69 Å². The Morgan fingerprint density at radius 2 is 1.89 bits per heavy atom. The quantitative estimate of drug-likeness (QED) is 0.397. The maximum absolute atomic E-state index is 9.14. The molecule has 7 heteroatoms. The highest BCUT2D eigenvalue weighted by atomic mass is 15.3. The first-order chi connectivity index (χ1) is 17.0. The van der Waals surface area contributed by atoms with Crippen molar-refractivity contribution in [2.75, 3.05) is 38.6 Å². The maximum atomic E-state index is 9.14. The van der Waals surface area contributed by atoms with E-state index in [0.29, 0.717) is 11.5 Å². The zero-order valence-electron chi connectivity index (χ0n) is 20.4. The molecule has 1 atom stereocenters. The van der Waals surface area contributed by atoms with Gasteiger partial charge in [0.25, 0.3) is 0 Å². The van der Waals surface area contributed by atoms with Crippen LogP contribution in [0.15, 0.2) is 54.7 Å². The molecule has 1 saturated heterocycles. The topological polar surface area (TPSA) is 65.9 Å². The molecule has 0 saturated carbocycles. The fourth-order valence-electron chi connectivity index (χ4n) is 5.57. The second-order valence-corrected chi connectivity index (χ2v) is 10.0. The molecule has 35 heavy (non-hydrogen) atoms. The van der Waals surface area contributed by atoms with Gasteiger partial charge in [0.15, 0.2) is 5.82 Å². The van der Waals surface area contributed by atoms with Gasteiger partial charge in [-0.1, -0.05) is 12.1 Å². The van der Waals surface area contributed by atoms with E-state index >= 15 is 0 Å². The van der Waals surface area contributed by atoms with Gasteiger partial charge in [0.2, 0.25) is 0 Å². The highest BCUT2D eigenvalue weighted by Gasteiger charge is 2.27. The molecule has 0 amide bonds. The number of nitriles is 1. The van der Waals surface area contributed by atoms with E-state index in [0.717, 1.165) is 60.3 Å². The smallest absolute Gasteiger partial charge is 0.185 e. The zero-order valence-corrected chi connectivity index (χ0v) is 20.4. The van der Waals surface area contributed by atoms with Gasteiger partial charge < -0.3 is 14.4 Å². The van der Waals surface area contributed by atoms with Gasteiger partial charge >= 0.3 is 0 Å². The first-order valence-corrected chi connectivity index (χ1v) is 12.2. The molecule has 0 radical (unpaired) electrons. The molecule has 4 heterocycles. The van der Waals surface area contributed by atoms with Gasteiger partial charge in [0.1, 0.15) is 5.82 Å². The van der Waals surface area contributed by atoms with Crippen LogP contribution >= 0.6 is 0 Å². The van der Waals surface area contributed by atoms with Crippen LogP contribution in [0.3, 0.4) is 0 Å². The lowest BCUT2D eigenvalue weighted by molar-refractivity contribution is 0.340. The number of nitrogens with zero attached hydrogens (tertiary/aromatic N) is 7. The molecule has 1 fully saturated rings. The Kier molecular flexibility index (Phi) is 5.19. The van der Waals surface area contributed by atoms with Crippen LogP contribution in [-0.2, 0) is 6.54 Å². The summed E-state index contributed by atoms with van der Waals surface area (Å²) in [6, 6.07) is 19.0. The largest absolute Gasteiger partial charge is 0.371 e. The van der Waals surface area contributed by atoms with Crippen LogP contribution in [0.25, 0.3) is 28.3 Å². The summed E-state index contributed by atoms with van der Waals surface area (Å²) >= 11 is 0. The lowest BCUT2D eigenvalue weighted by atomic mass is 10.1. The highest BCUT2D eigenvalue weighted by Crippen LogP contribution is 2.36. The molecule has 2 aliphatic rings. The molecule has 176 valence electrons. The van der Waals surface area contributed by atoms with E-state index in [4.69, 9.17) is 5.26 Å².